The van der Waals surface area contributed by atoms with Crippen LogP contribution in [-0.4, -0.2) is 5.91 Å². The molecule has 1 amide bonds. The van der Waals surface area contributed by atoms with E-state index in [2.05, 4.69) is 32.7 Å². The van der Waals surface area contributed by atoms with Crippen LogP contribution in [0.15, 0.2) is 34.1 Å². The average molecular weight is 355 g/mol. The van der Waals surface area contributed by atoms with Crippen LogP contribution < -0.4 is 5.32 Å². The van der Waals surface area contributed by atoms with Crippen LogP contribution in [0, 0.1) is 0 Å². The molecule has 0 radical (unpaired) electrons. The van der Waals surface area contributed by atoms with Crippen molar-refractivity contribution < 1.29 is 4.79 Å². The highest BCUT2D eigenvalue weighted by atomic mass is 79.9. The maximum atomic E-state index is 12.4. The van der Waals surface area contributed by atoms with E-state index in [1.807, 2.05) is 18.2 Å². The van der Waals surface area contributed by atoms with Crippen molar-refractivity contribution in [1.82, 2.24) is 0 Å². The highest BCUT2D eigenvalue weighted by Gasteiger charge is 2.65. The van der Waals surface area contributed by atoms with E-state index in [0.29, 0.717) is 5.02 Å². The molecule has 0 bridgehead atoms. The van der Waals surface area contributed by atoms with Crippen LogP contribution in [0.25, 0.3) is 0 Å². The van der Waals surface area contributed by atoms with Gasteiger partial charge in [-0.15, -0.1) is 11.3 Å². The van der Waals surface area contributed by atoms with Gasteiger partial charge in [-0.1, -0.05) is 11.6 Å². The van der Waals surface area contributed by atoms with Crippen LogP contribution >= 0.6 is 38.9 Å². The lowest BCUT2D eigenvalue weighted by atomic mass is 9.94. The largest absolute Gasteiger partial charge is 0.325 e. The van der Waals surface area contributed by atoms with E-state index in [-0.39, 0.29) is 17.2 Å². The second-order valence-electron chi connectivity index (χ2n) is 5.04. The zero-order chi connectivity index (χ0) is 13.2. The number of thiophene rings is 1. The van der Waals surface area contributed by atoms with Gasteiger partial charge in [0.05, 0.1) is 5.41 Å². The van der Waals surface area contributed by atoms with E-state index in [1.54, 1.807) is 11.3 Å². The third-order valence-corrected chi connectivity index (χ3v) is 6.05. The fourth-order valence-electron chi connectivity index (χ4n) is 3.02. The molecule has 1 aliphatic heterocycles. The Kier molecular flexibility index (Phi) is 2.41. The lowest BCUT2D eigenvalue weighted by Gasteiger charge is -2.07. The Hall–Kier alpha value is -0.840. The van der Waals surface area contributed by atoms with Crippen molar-refractivity contribution in [2.24, 2.45) is 0 Å². The number of halogens is 2. The summed E-state index contributed by atoms with van der Waals surface area (Å²) in [6, 6.07) is 7.75. The summed E-state index contributed by atoms with van der Waals surface area (Å²) in [5.74, 6) is 0.391. The van der Waals surface area contributed by atoms with Gasteiger partial charge in [0, 0.05) is 31.4 Å². The van der Waals surface area contributed by atoms with Gasteiger partial charge >= 0.3 is 0 Å². The standard InChI is InChI=1S/C14H9BrClNOS/c15-7-3-12(19-6-7)10-5-14(10)9-4-8(16)1-2-11(9)17-13(14)18/h1-4,6,10H,5H2,(H,17,18). The van der Waals surface area contributed by atoms with Crippen LogP contribution in [0.4, 0.5) is 5.69 Å². The summed E-state index contributed by atoms with van der Waals surface area (Å²) in [5.41, 5.74) is 1.58. The van der Waals surface area contributed by atoms with E-state index in [1.165, 1.54) is 4.88 Å². The average Bonchev–Trinajstić information content (AvgIpc) is 2.90. The van der Waals surface area contributed by atoms with E-state index in [4.69, 9.17) is 11.6 Å². The summed E-state index contributed by atoms with van der Waals surface area (Å²) in [7, 11) is 0. The van der Waals surface area contributed by atoms with Crippen molar-refractivity contribution in [2.75, 3.05) is 5.32 Å². The number of fused-ring (bicyclic) bond motifs is 2. The van der Waals surface area contributed by atoms with E-state index < -0.39 is 0 Å². The highest BCUT2D eigenvalue weighted by Crippen LogP contribution is 2.66. The number of hydrogen-bond donors (Lipinski definition) is 1. The van der Waals surface area contributed by atoms with Gasteiger partial charge in [0.25, 0.3) is 0 Å². The van der Waals surface area contributed by atoms with Crippen LogP contribution in [0.1, 0.15) is 22.8 Å². The minimum atomic E-state index is -0.384. The molecule has 2 aliphatic rings. The minimum Gasteiger partial charge on any atom is -0.325 e. The molecule has 96 valence electrons. The predicted molar refractivity (Wildman–Crippen MR) is 81.1 cm³/mol. The molecule has 0 saturated heterocycles. The number of hydrogen-bond acceptors (Lipinski definition) is 2. The highest BCUT2D eigenvalue weighted by molar-refractivity contribution is 9.10. The molecule has 1 aromatic heterocycles. The first-order valence-corrected chi connectivity index (χ1v) is 8.02. The Morgan fingerprint density at radius 2 is 2.26 bits per heavy atom. The molecule has 5 heteroatoms. The zero-order valence-electron chi connectivity index (χ0n) is 9.74. The molecule has 4 rings (SSSR count). The van der Waals surface area contributed by atoms with Crippen molar-refractivity contribution in [3.05, 3.63) is 49.6 Å². The van der Waals surface area contributed by atoms with Gasteiger partial charge in [0.15, 0.2) is 0 Å². The first-order chi connectivity index (χ1) is 9.11. The fraction of sp³-hybridized carbons (Fsp3) is 0.214. The maximum Gasteiger partial charge on any atom is 0.235 e. The molecule has 2 aromatic rings. The molecular weight excluding hydrogens is 346 g/mol. The van der Waals surface area contributed by atoms with E-state index in [0.717, 1.165) is 22.1 Å². The molecule has 2 unspecified atom stereocenters. The monoisotopic (exact) mass is 353 g/mol. The normalized spacial score (nSPS) is 27.5. The van der Waals surface area contributed by atoms with Gasteiger partial charge < -0.3 is 5.32 Å². The first-order valence-electron chi connectivity index (χ1n) is 5.97. The third-order valence-electron chi connectivity index (χ3n) is 4.01. The molecular formula is C14H9BrClNOS. The first kappa shape index (κ1) is 11.9. The van der Waals surface area contributed by atoms with Crippen molar-refractivity contribution in [3.8, 4) is 0 Å². The van der Waals surface area contributed by atoms with Gasteiger partial charge in [-0.2, -0.15) is 0 Å². The molecule has 2 atom stereocenters. The van der Waals surface area contributed by atoms with Gasteiger partial charge in [-0.25, -0.2) is 0 Å². The molecule has 1 fully saturated rings. The number of anilines is 1. The fourth-order valence-corrected chi connectivity index (χ4v) is 4.83. The molecule has 2 heterocycles. The van der Waals surface area contributed by atoms with E-state index >= 15 is 0 Å². The van der Waals surface area contributed by atoms with Crippen LogP contribution in [0.3, 0.4) is 0 Å². The molecule has 1 spiro atoms. The number of rotatable bonds is 1. The van der Waals surface area contributed by atoms with Crippen LogP contribution in [0.2, 0.25) is 5.02 Å². The van der Waals surface area contributed by atoms with Crippen molar-refractivity contribution in [1.29, 1.82) is 0 Å². The number of amides is 1. The molecule has 1 saturated carbocycles. The Morgan fingerprint density at radius 3 is 3.00 bits per heavy atom. The van der Waals surface area contributed by atoms with Gasteiger partial charge in [0.2, 0.25) is 5.91 Å². The summed E-state index contributed by atoms with van der Waals surface area (Å²) in [4.78, 5) is 13.6. The minimum absolute atomic E-state index is 0.110. The number of carbonyl (C=O) groups is 1. The van der Waals surface area contributed by atoms with Crippen molar-refractivity contribution in [3.63, 3.8) is 0 Å². The third kappa shape index (κ3) is 1.57. The van der Waals surface area contributed by atoms with Gasteiger partial charge in [0.1, 0.15) is 0 Å². The molecule has 19 heavy (non-hydrogen) atoms. The number of benzene rings is 1. The van der Waals surface area contributed by atoms with Gasteiger partial charge in [-0.3, -0.25) is 4.79 Å². The molecule has 1 N–H and O–H groups in total. The second-order valence-corrected chi connectivity index (χ2v) is 7.33. The topological polar surface area (TPSA) is 29.1 Å². The Balaban J connectivity index is 1.82. The Bertz CT molecular complexity index is 713. The second kappa shape index (κ2) is 3.84. The van der Waals surface area contributed by atoms with Crippen molar-refractivity contribution in [2.45, 2.75) is 17.8 Å². The summed E-state index contributed by atoms with van der Waals surface area (Å²) < 4.78 is 1.08. The number of carbonyl (C=O) groups excluding carboxylic acids is 1. The zero-order valence-corrected chi connectivity index (χ0v) is 12.9. The lowest BCUT2D eigenvalue weighted by molar-refractivity contribution is -0.118. The van der Waals surface area contributed by atoms with Crippen molar-refractivity contribution >= 4 is 50.5 Å². The van der Waals surface area contributed by atoms with Crippen LogP contribution in [0.5, 0.6) is 0 Å². The predicted octanol–water partition coefficient (Wildman–Crippen LogP) is 4.54. The summed E-state index contributed by atoms with van der Waals surface area (Å²) in [6.07, 6.45) is 0.874. The van der Waals surface area contributed by atoms with Gasteiger partial charge in [-0.05, 0) is 52.2 Å². The van der Waals surface area contributed by atoms with E-state index in [9.17, 15) is 4.79 Å². The Morgan fingerprint density at radius 1 is 1.42 bits per heavy atom. The summed E-state index contributed by atoms with van der Waals surface area (Å²) in [5, 5.41) is 5.73. The molecule has 2 nitrogen and oxygen atoms in total. The quantitative estimate of drug-likeness (QED) is 0.800. The summed E-state index contributed by atoms with van der Waals surface area (Å²) in [6.45, 7) is 0. The smallest absolute Gasteiger partial charge is 0.235 e. The SMILES string of the molecule is O=C1Nc2ccc(Cl)cc2C12CC2c1cc(Br)cs1. The number of nitrogens with one attached hydrogen (secondary N) is 1. The maximum absolute atomic E-state index is 12.4. The lowest BCUT2D eigenvalue weighted by Crippen LogP contribution is -2.20. The Labute approximate surface area is 127 Å². The van der Waals surface area contributed by atoms with Crippen LogP contribution in [-0.2, 0) is 10.2 Å². The summed E-state index contributed by atoms with van der Waals surface area (Å²) >= 11 is 11.3. The molecule has 1 aromatic carbocycles. The molecule has 1 aliphatic carbocycles.